The first-order valence-electron chi connectivity index (χ1n) is 11.7. The number of para-hydroxylation sites is 3. The number of halogens is 1. The highest BCUT2D eigenvalue weighted by Crippen LogP contribution is 2.35. The van der Waals surface area contributed by atoms with E-state index >= 15 is 0 Å². The molecule has 5 rings (SSSR count). The molecule has 0 saturated carbocycles. The van der Waals surface area contributed by atoms with Crippen molar-refractivity contribution >= 4 is 27.3 Å². The number of benzene rings is 4. The first-order valence-corrected chi connectivity index (χ1v) is 13.1. The third-order valence-electron chi connectivity index (χ3n) is 5.62. The largest absolute Gasteiger partial charge is 0.486 e. The van der Waals surface area contributed by atoms with Crippen molar-refractivity contribution in [2.75, 3.05) is 29.4 Å². The van der Waals surface area contributed by atoms with E-state index in [9.17, 15) is 17.6 Å². The van der Waals surface area contributed by atoms with Crippen molar-refractivity contribution in [1.29, 1.82) is 0 Å². The van der Waals surface area contributed by atoms with E-state index in [1.54, 1.807) is 36.4 Å². The molecule has 0 radical (unpaired) electrons. The molecule has 1 aliphatic heterocycles. The minimum atomic E-state index is -4.31. The van der Waals surface area contributed by atoms with E-state index in [4.69, 9.17) is 14.2 Å². The van der Waals surface area contributed by atoms with Crippen LogP contribution in [0.1, 0.15) is 0 Å². The van der Waals surface area contributed by atoms with Crippen LogP contribution in [0.3, 0.4) is 0 Å². The van der Waals surface area contributed by atoms with Crippen molar-refractivity contribution in [3.8, 4) is 23.0 Å². The van der Waals surface area contributed by atoms with E-state index < -0.39 is 28.3 Å². The summed E-state index contributed by atoms with van der Waals surface area (Å²) in [4.78, 5) is 13.1. The number of carbonyl (C=O) groups is 1. The van der Waals surface area contributed by atoms with Gasteiger partial charge in [-0.25, -0.2) is 12.8 Å². The number of fused-ring (bicyclic) bond motifs is 1. The molecule has 0 fully saturated rings. The Morgan fingerprint density at radius 2 is 1.61 bits per heavy atom. The molecule has 8 nitrogen and oxygen atoms in total. The van der Waals surface area contributed by atoms with E-state index in [0.717, 1.165) is 10.4 Å². The highest BCUT2D eigenvalue weighted by atomic mass is 32.2. The van der Waals surface area contributed by atoms with Gasteiger partial charge in [0.2, 0.25) is 5.91 Å². The van der Waals surface area contributed by atoms with Crippen LogP contribution in [-0.2, 0) is 14.8 Å². The molecule has 38 heavy (non-hydrogen) atoms. The molecule has 0 aromatic heterocycles. The summed E-state index contributed by atoms with van der Waals surface area (Å²) in [5, 5.41) is 2.71. The van der Waals surface area contributed by atoms with Gasteiger partial charge < -0.3 is 19.5 Å². The van der Waals surface area contributed by atoms with Gasteiger partial charge in [-0.1, -0.05) is 36.4 Å². The smallest absolute Gasteiger partial charge is 0.264 e. The summed E-state index contributed by atoms with van der Waals surface area (Å²) in [5.41, 5.74) is 0.334. The average Bonchev–Trinajstić information content (AvgIpc) is 2.93. The Morgan fingerprint density at radius 1 is 0.868 bits per heavy atom. The fraction of sp³-hybridized carbons (Fsp3) is 0.107. The topological polar surface area (TPSA) is 94.2 Å². The molecule has 0 unspecified atom stereocenters. The van der Waals surface area contributed by atoms with E-state index in [-0.39, 0.29) is 22.9 Å². The lowest BCUT2D eigenvalue weighted by Gasteiger charge is -2.25. The van der Waals surface area contributed by atoms with Crippen molar-refractivity contribution in [2.45, 2.75) is 4.90 Å². The number of carbonyl (C=O) groups excluding carboxylic acids is 1. The molecule has 0 saturated heterocycles. The van der Waals surface area contributed by atoms with Crippen molar-refractivity contribution < 1.29 is 31.8 Å². The Balaban J connectivity index is 1.44. The zero-order valence-electron chi connectivity index (χ0n) is 20.0. The molecule has 4 aromatic rings. The van der Waals surface area contributed by atoms with Crippen molar-refractivity contribution in [2.24, 2.45) is 0 Å². The van der Waals surface area contributed by atoms with E-state index in [0.29, 0.717) is 29.5 Å². The van der Waals surface area contributed by atoms with Gasteiger partial charge in [-0.2, -0.15) is 0 Å². The fourth-order valence-electron chi connectivity index (χ4n) is 3.85. The molecule has 0 spiro atoms. The molecule has 10 heteroatoms. The Kier molecular flexibility index (Phi) is 7.14. The summed E-state index contributed by atoms with van der Waals surface area (Å²) in [7, 11) is -4.31. The zero-order valence-corrected chi connectivity index (χ0v) is 20.9. The van der Waals surface area contributed by atoms with E-state index in [1.165, 1.54) is 36.4 Å². The van der Waals surface area contributed by atoms with Crippen molar-refractivity contribution in [3.05, 3.63) is 103 Å². The third kappa shape index (κ3) is 5.55. The van der Waals surface area contributed by atoms with Crippen LogP contribution >= 0.6 is 0 Å². The van der Waals surface area contributed by atoms with Crippen LogP contribution in [0.2, 0.25) is 0 Å². The summed E-state index contributed by atoms with van der Waals surface area (Å²) in [5.74, 6) is 0.329. The second-order valence-electron chi connectivity index (χ2n) is 8.26. The van der Waals surface area contributed by atoms with Crippen LogP contribution in [0.4, 0.5) is 15.8 Å². The predicted molar refractivity (Wildman–Crippen MR) is 140 cm³/mol. The summed E-state index contributed by atoms with van der Waals surface area (Å²) in [6, 6.07) is 25.0. The maximum Gasteiger partial charge on any atom is 0.264 e. The number of sulfonamides is 1. The number of anilines is 2. The monoisotopic (exact) mass is 534 g/mol. The second-order valence-corrected chi connectivity index (χ2v) is 10.1. The Morgan fingerprint density at radius 3 is 2.39 bits per heavy atom. The first-order chi connectivity index (χ1) is 18.4. The van der Waals surface area contributed by atoms with E-state index in [2.05, 4.69) is 5.32 Å². The van der Waals surface area contributed by atoms with Gasteiger partial charge in [0.15, 0.2) is 17.2 Å². The Labute approximate surface area is 219 Å². The molecular weight excluding hydrogens is 511 g/mol. The molecule has 1 N–H and O–H groups in total. The van der Waals surface area contributed by atoms with Gasteiger partial charge >= 0.3 is 0 Å². The lowest BCUT2D eigenvalue weighted by molar-refractivity contribution is -0.114. The second kappa shape index (κ2) is 10.8. The minimum Gasteiger partial charge on any atom is -0.486 e. The standard InChI is InChI=1S/C28H23FN2O6S/c29-20-7-6-8-21(17-20)31(38(33,34)23-13-14-26-27(18-23)36-16-15-35-26)19-28(32)30-24-11-4-5-12-25(24)37-22-9-2-1-3-10-22/h1-14,17-18H,15-16,19H2,(H,30,32). The number of amides is 1. The number of hydrogen-bond acceptors (Lipinski definition) is 6. The molecular formula is C28H23FN2O6S. The number of hydrogen-bond donors (Lipinski definition) is 1. The molecule has 0 atom stereocenters. The minimum absolute atomic E-state index is 0.0103. The molecule has 0 aliphatic carbocycles. The van der Waals surface area contributed by atoms with Gasteiger partial charge in [-0.15, -0.1) is 0 Å². The number of nitrogens with zero attached hydrogens (tertiary/aromatic N) is 1. The number of rotatable bonds is 8. The van der Waals surface area contributed by atoms with Crippen LogP contribution in [0, 0.1) is 5.82 Å². The predicted octanol–water partition coefficient (Wildman–Crippen LogP) is 5.22. The molecule has 1 amide bonds. The molecule has 194 valence electrons. The molecule has 1 aliphatic rings. The normalized spacial score (nSPS) is 12.4. The van der Waals surface area contributed by atoms with Gasteiger partial charge in [0.1, 0.15) is 31.3 Å². The van der Waals surface area contributed by atoms with Gasteiger partial charge in [-0.3, -0.25) is 9.10 Å². The highest BCUT2D eigenvalue weighted by Gasteiger charge is 2.29. The van der Waals surface area contributed by atoms with Crippen molar-refractivity contribution in [1.82, 2.24) is 0 Å². The lowest BCUT2D eigenvalue weighted by Crippen LogP contribution is -2.38. The maximum atomic E-state index is 14.1. The summed E-state index contributed by atoms with van der Waals surface area (Å²) >= 11 is 0. The van der Waals surface area contributed by atoms with E-state index in [1.807, 2.05) is 18.2 Å². The quantitative estimate of drug-likeness (QED) is 0.333. The van der Waals surface area contributed by atoms with Crippen LogP contribution in [0.15, 0.2) is 102 Å². The third-order valence-corrected chi connectivity index (χ3v) is 7.39. The Hall–Kier alpha value is -4.57. The lowest BCUT2D eigenvalue weighted by atomic mass is 10.2. The van der Waals surface area contributed by atoms with Crippen LogP contribution in [0.25, 0.3) is 0 Å². The maximum absolute atomic E-state index is 14.1. The number of ether oxygens (including phenoxy) is 3. The summed E-state index contributed by atoms with van der Waals surface area (Å²) in [6.07, 6.45) is 0. The van der Waals surface area contributed by atoms with Crippen LogP contribution in [-0.4, -0.2) is 34.1 Å². The van der Waals surface area contributed by atoms with Gasteiger partial charge in [-0.05, 0) is 54.6 Å². The Bertz CT molecular complexity index is 1560. The summed E-state index contributed by atoms with van der Waals surface area (Å²) < 4.78 is 59.3. The highest BCUT2D eigenvalue weighted by molar-refractivity contribution is 7.92. The SMILES string of the molecule is O=C(CN(c1cccc(F)c1)S(=O)(=O)c1ccc2c(c1)OCCO2)Nc1ccccc1Oc1ccccc1. The van der Waals surface area contributed by atoms with Gasteiger partial charge in [0.25, 0.3) is 10.0 Å². The van der Waals surface area contributed by atoms with Gasteiger partial charge in [0.05, 0.1) is 16.3 Å². The zero-order chi connectivity index (χ0) is 26.5. The van der Waals surface area contributed by atoms with Gasteiger partial charge in [0, 0.05) is 6.07 Å². The average molecular weight is 535 g/mol. The van der Waals surface area contributed by atoms with Crippen LogP contribution in [0.5, 0.6) is 23.0 Å². The molecule has 1 heterocycles. The molecule has 4 aromatic carbocycles. The molecule has 0 bridgehead atoms. The summed E-state index contributed by atoms with van der Waals surface area (Å²) in [6.45, 7) is 0.00102. The number of nitrogens with one attached hydrogen (secondary N) is 1. The first kappa shape index (κ1) is 25.1. The van der Waals surface area contributed by atoms with Crippen molar-refractivity contribution in [3.63, 3.8) is 0 Å². The fourth-order valence-corrected chi connectivity index (χ4v) is 5.28. The van der Waals surface area contributed by atoms with Crippen LogP contribution < -0.4 is 23.8 Å².